The molecule has 1 fully saturated rings. The van der Waals surface area contributed by atoms with Crippen LogP contribution in [0.4, 0.5) is 17.6 Å². The smallest absolute Gasteiger partial charge is 0.166 e. The highest BCUT2D eigenvalue weighted by molar-refractivity contribution is 5.71. The van der Waals surface area contributed by atoms with Crippen molar-refractivity contribution >= 4 is 0 Å². The normalized spacial score (nSPS) is 17.1. The molecule has 228 valence electrons. The van der Waals surface area contributed by atoms with Crippen LogP contribution in [0.3, 0.4) is 0 Å². The van der Waals surface area contributed by atoms with E-state index in [0.29, 0.717) is 23.1 Å². The van der Waals surface area contributed by atoms with Gasteiger partial charge in [0.05, 0.1) is 13.2 Å². The van der Waals surface area contributed by atoms with E-state index in [2.05, 4.69) is 13.8 Å². The maximum absolute atomic E-state index is 15.2. The fraction of sp³-hybridized carbons (Fsp3) is 0.500. The molecule has 0 radical (unpaired) electrons. The summed E-state index contributed by atoms with van der Waals surface area (Å²) < 4.78 is 71.8. The van der Waals surface area contributed by atoms with Crippen LogP contribution in [0, 0.1) is 23.3 Å². The summed E-state index contributed by atoms with van der Waals surface area (Å²) in [6.45, 7) is 4.87. The van der Waals surface area contributed by atoms with Crippen molar-refractivity contribution in [1.82, 2.24) is 0 Å². The largest absolute Gasteiger partial charge is 0.352 e. The topological polar surface area (TPSA) is 18.5 Å². The van der Waals surface area contributed by atoms with Crippen LogP contribution in [0.15, 0.2) is 48.5 Å². The van der Waals surface area contributed by atoms with E-state index < -0.39 is 23.3 Å². The first-order chi connectivity index (χ1) is 20.4. The Morgan fingerprint density at radius 3 is 1.71 bits per heavy atom. The highest BCUT2D eigenvalue weighted by Gasteiger charge is 2.27. The molecular weight excluding hydrogens is 540 g/mol. The fourth-order valence-corrected chi connectivity index (χ4v) is 5.66. The lowest BCUT2D eigenvalue weighted by molar-refractivity contribution is -0.190. The Bertz CT molecular complexity index is 1270. The van der Waals surface area contributed by atoms with Crippen molar-refractivity contribution in [2.75, 3.05) is 13.2 Å². The van der Waals surface area contributed by atoms with Gasteiger partial charge in [-0.15, -0.1) is 0 Å². The van der Waals surface area contributed by atoms with Crippen LogP contribution in [-0.2, 0) is 15.9 Å². The Balaban J connectivity index is 1.38. The predicted molar refractivity (Wildman–Crippen MR) is 161 cm³/mol. The molecule has 0 unspecified atom stereocenters. The molecule has 1 aliphatic rings. The number of rotatable bonds is 15. The van der Waals surface area contributed by atoms with Gasteiger partial charge in [0.1, 0.15) is 0 Å². The molecule has 6 heteroatoms. The SMILES string of the molecule is CCCCCCCCCc1ccc(-c2ccc(-c3ccc(C4COC(CCCCC)OC4)c(F)c3F)cc2)c(F)c1F. The first-order valence-electron chi connectivity index (χ1n) is 15.7. The first-order valence-corrected chi connectivity index (χ1v) is 15.7. The molecule has 3 aromatic carbocycles. The van der Waals surface area contributed by atoms with Crippen molar-refractivity contribution in [3.8, 4) is 22.3 Å². The zero-order valence-corrected chi connectivity index (χ0v) is 25.0. The average molecular weight is 585 g/mol. The van der Waals surface area contributed by atoms with E-state index in [1.807, 2.05) is 0 Å². The van der Waals surface area contributed by atoms with E-state index in [9.17, 15) is 4.39 Å². The number of halogens is 4. The zero-order chi connectivity index (χ0) is 29.9. The van der Waals surface area contributed by atoms with Gasteiger partial charge in [0.25, 0.3) is 0 Å². The van der Waals surface area contributed by atoms with Crippen LogP contribution in [0.2, 0.25) is 0 Å². The summed E-state index contributed by atoms with van der Waals surface area (Å²) in [6.07, 6.45) is 12.0. The molecule has 0 saturated carbocycles. The maximum atomic E-state index is 15.2. The summed E-state index contributed by atoms with van der Waals surface area (Å²) in [7, 11) is 0. The second-order valence-electron chi connectivity index (χ2n) is 11.5. The maximum Gasteiger partial charge on any atom is 0.166 e. The number of hydrogen-bond acceptors (Lipinski definition) is 2. The third-order valence-electron chi connectivity index (χ3n) is 8.28. The molecule has 0 aliphatic carbocycles. The van der Waals surface area contributed by atoms with Gasteiger partial charge >= 0.3 is 0 Å². The summed E-state index contributed by atoms with van der Waals surface area (Å²) in [4.78, 5) is 0. The van der Waals surface area contributed by atoms with Gasteiger partial charge in [0.2, 0.25) is 0 Å². The van der Waals surface area contributed by atoms with Gasteiger partial charge in [-0.3, -0.25) is 0 Å². The Morgan fingerprint density at radius 2 is 1.10 bits per heavy atom. The monoisotopic (exact) mass is 584 g/mol. The molecular formula is C36H44F4O2. The lowest BCUT2D eigenvalue weighted by Crippen LogP contribution is -2.31. The summed E-state index contributed by atoms with van der Waals surface area (Å²) in [5.41, 5.74) is 1.79. The number of hydrogen-bond donors (Lipinski definition) is 0. The molecule has 1 aliphatic heterocycles. The van der Waals surface area contributed by atoms with Crippen LogP contribution in [0.1, 0.15) is 102 Å². The standard InChI is InChI=1S/C36H44F4O2/c1-3-5-7-8-9-10-12-13-27-19-20-29(34(38)33(27)37)25-15-17-26(18-16-25)30-21-22-31(36(40)35(30)39)28-23-41-32(42-24-28)14-11-6-4-2/h15-22,28,32H,3-14,23-24H2,1-2H3. The van der Waals surface area contributed by atoms with Crippen molar-refractivity contribution in [2.24, 2.45) is 0 Å². The van der Waals surface area contributed by atoms with Crippen LogP contribution in [-0.4, -0.2) is 19.5 Å². The zero-order valence-electron chi connectivity index (χ0n) is 25.0. The van der Waals surface area contributed by atoms with E-state index in [-0.39, 0.29) is 42.1 Å². The van der Waals surface area contributed by atoms with Crippen molar-refractivity contribution < 1.29 is 27.0 Å². The average Bonchev–Trinajstić information content (AvgIpc) is 3.01. The minimum Gasteiger partial charge on any atom is -0.352 e. The molecule has 0 aromatic heterocycles. The highest BCUT2D eigenvalue weighted by Crippen LogP contribution is 2.34. The van der Waals surface area contributed by atoms with E-state index in [1.54, 1.807) is 48.5 Å². The molecule has 3 aromatic rings. The highest BCUT2D eigenvalue weighted by atomic mass is 19.2. The minimum absolute atomic E-state index is 0.106. The third kappa shape index (κ3) is 8.23. The first kappa shape index (κ1) is 32.2. The Morgan fingerprint density at radius 1 is 0.571 bits per heavy atom. The molecule has 2 nitrogen and oxygen atoms in total. The van der Waals surface area contributed by atoms with E-state index in [0.717, 1.165) is 44.9 Å². The Hall–Kier alpha value is -2.70. The Kier molecular flexibility index (Phi) is 12.4. The molecule has 4 rings (SSSR count). The molecule has 1 heterocycles. The van der Waals surface area contributed by atoms with Gasteiger partial charge < -0.3 is 9.47 Å². The van der Waals surface area contributed by atoms with E-state index in [4.69, 9.17) is 9.47 Å². The lowest BCUT2D eigenvalue weighted by Gasteiger charge is -2.30. The van der Waals surface area contributed by atoms with E-state index >= 15 is 13.2 Å². The van der Waals surface area contributed by atoms with Crippen LogP contribution in [0.5, 0.6) is 0 Å². The number of ether oxygens (including phenoxy) is 2. The molecule has 1 saturated heterocycles. The van der Waals surface area contributed by atoms with Crippen molar-refractivity contribution in [3.05, 3.63) is 82.9 Å². The Labute approximate surface area is 248 Å². The summed E-state index contributed by atoms with van der Waals surface area (Å²) in [6, 6.07) is 12.8. The van der Waals surface area contributed by atoms with Gasteiger partial charge in [0.15, 0.2) is 29.6 Å². The van der Waals surface area contributed by atoms with Crippen molar-refractivity contribution in [1.29, 1.82) is 0 Å². The number of aryl methyl sites for hydroxylation is 1. The van der Waals surface area contributed by atoms with Crippen LogP contribution >= 0.6 is 0 Å². The molecule has 0 spiro atoms. The fourth-order valence-electron chi connectivity index (χ4n) is 5.66. The summed E-state index contributed by atoms with van der Waals surface area (Å²) in [5, 5.41) is 0. The van der Waals surface area contributed by atoms with Gasteiger partial charge in [-0.25, -0.2) is 17.6 Å². The van der Waals surface area contributed by atoms with Gasteiger partial charge in [0, 0.05) is 17.0 Å². The molecule has 0 atom stereocenters. The second-order valence-corrected chi connectivity index (χ2v) is 11.5. The van der Waals surface area contributed by atoms with Crippen molar-refractivity contribution in [3.63, 3.8) is 0 Å². The van der Waals surface area contributed by atoms with Gasteiger partial charge in [-0.1, -0.05) is 114 Å². The molecule has 0 bridgehead atoms. The van der Waals surface area contributed by atoms with Crippen molar-refractivity contribution in [2.45, 2.75) is 103 Å². The van der Waals surface area contributed by atoms with Gasteiger partial charge in [-0.05, 0) is 47.9 Å². The minimum atomic E-state index is -0.947. The molecule has 0 amide bonds. The van der Waals surface area contributed by atoms with Gasteiger partial charge in [-0.2, -0.15) is 0 Å². The van der Waals surface area contributed by atoms with E-state index in [1.165, 1.54) is 25.7 Å². The second kappa shape index (κ2) is 16.2. The lowest BCUT2D eigenvalue weighted by atomic mass is 9.94. The summed E-state index contributed by atoms with van der Waals surface area (Å²) in [5.74, 6) is -3.94. The third-order valence-corrected chi connectivity index (χ3v) is 8.28. The number of unbranched alkanes of at least 4 members (excludes halogenated alkanes) is 8. The van der Waals surface area contributed by atoms with Crippen LogP contribution < -0.4 is 0 Å². The molecule has 0 N–H and O–H groups in total. The predicted octanol–water partition coefficient (Wildman–Crippen LogP) is 10.9. The molecule has 42 heavy (non-hydrogen) atoms. The van der Waals surface area contributed by atoms with Crippen LogP contribution in [0.25, 0.3) is 22.3 Å². The number of benzene rings is 3. The quantitative estimate of drug-likeness (QED) is 0.131. The summed E-state index contributed by atoms with van der Waals surface area (Å²) >= 11 is 0.